The van der Waals surface area contributed by atoms with E-state index in [4.69, 9.17) is 13.9 Å². The third-order valence-electron chi connectivity index (χ3n) is 6.21. The lowest BCUT2D eigenvalue weighted by atomic mass is 9.78. The molecule has 0 N–H and O–H groups in total. The largest absolute Gasteiger partial charge is 0.459 e. The zero-order valence-corrected chi connectivity index (χ0v) is 15.2. The second kappa shape index (κ2) is 7.12. The number of carbonyl (C=O) groups is 1. The molecule has 138 valence electrons. The Labute approximate surface area is 149 Å². The van der Waals surface area contributed by atoms with Crippen LogP contribution in [0.15, 0.2) is 16.7 Å². The molecule has 0 unspecified atom stereocenters. The van der Waals surface area contributed by atoms with Crippen molar-refractivity contribution in [2.75, 3.05) is 32.9 Å². The van der Waals surface area contributed by atoms with Crippen LogP contribution in [-0.2, 0) is 9.47 Å². The van der Waals surface area contributed by atoms with Crippen molar-refractivity contribution in [3.63, 3.8) is 0 Å². The van der Waals surface area contributed by atoms with E-state index in [1.807, 2.05) is 17.9 Å². The van der Waals surface area contributed by atoms with E-state index in [0.29, 0.717) is 11.7 Å². The molecule has 1 atom stereocenters. The number of hydrogen-bond acceptors (Lipinski definition) is 4. The SMILES string of the molecule is Cc1ccoc1C(=O)N1CCC2(CC1)OCC[C@H]2CCOCC1CC1. The Morgan fingerprint density at radius 2 is 2.12 bits per heavy atom. The average molecular weight is 347 g/mol. The van der Waals surface area contributed by atoms with E-state index < -0.39 is 0 Å². The monoisotopic (exact) mass is 347 g/mol. The van der Waals surface area contributed by atoms with Gasteiger partial charge in [0.05, 0.1) is 11.9 Å². The van der Waals surface area contributed by atoms with Crippen molar-refractivity contribution in [1.29, 1.82) is 0 Å². The maximum absolute atomic E-state index is 12.6. The van der Waals surface area contributed by atoms with E-state index in [-0.39, 0.29) is 11.5 Å². The van der Waals surface area contributed by atoms with Gasteiger partial charge in [-0.1, -0.05) is 0 Å². The predicted molar refractivity (Wildman–Crippen MR) is 93.5 cm³/mol. The summed E-state index contributed by atoms with van der Waals surface area (Å²) < 4.78 is 17.4. The second-order valence-corrected chi connectivity index (χ2v) is 7.93. The summed E-state index contributed by atoms with van der Waals surface area (Å²) >= 11 is 0. The van der Waals surface area contributed by atoms with Gasteiger partial charge in [-0.3, -0.25) is 4.79 Å². The van der Waals surface area contributed by atoms with Crippen LogP contribution in [0.5, 0.6) is 0 Å². The molecule has 0 aromatic carbocycles. The number of ether oxygens (including phenoxy) is 2. The molecule has 0 bridgehead atoms. The molecule has 5 heteroatoms. The van der Waals surface area contributed by atoms with Gasteiger partial charge in [-0.2, -0.15) is 0 Å². The van der Waals surface area contributed by atoms with Crippen molar-refractivity contribution in [1.82, 2.24) is 4.90 Å². The van der Waals surface area contributed by atoms with Gasteiger partial charge in [-0.05, 0) is 63.4 Å². The maximum atomic E-state index is 12.6. The van der Waals surface area contributed by atoms with Crippen LogP contribution < -0.4 is 0 Å². The minimum Gasteiger partial charge on any atom is -0.459 e. The topological polar surface area (TPSA) is 51.9 Å². The summed E-state index contributed by atoms with van der Waals surface area (Å²) in [6.07, 6.45) is 8.32. The Hall–Kier alpha value is -1.33. The van der Waals surface area contributed by atoms with Crippen molar-refractivity contribution in [3.8, 4) is 0 Å². The van der Waals surface area contributed by atoms with E-state index in [0.717, 1.165) is 70.1 Å². The third kappa shape index (κ3) is 3.63. The van der Waals surface area contributed by atoms with Crippen LogP contribution in [-0.4, -0.2) is 49.3 Å². The van der Waals surface area contributed by atoms with Crippen LogP contribution in [0.25, 0.3) is 0 Å². The third-order valence-corrected chi connectivity index (χ3v) is 6.21. The highest BCUT2D eigenvalue weighted by Crippen LogP contribution is 2.42. The molecule has 1 saturated carbocycles. The van der Waals surface area contributed by atoms with Gasteiger partial charge in [-0.25, -0.2) is 0 Å². The van der Waals surface area contributed by atoms with Gasteiger partial charge in [0.25, 0.3) is 5.91 Å². The van der Waals surface area contributed by atoms with Crippen molar-refractivity contribution in [2.45, 2.75) is 51.0 Å². The Kier molecular flexibility index (Phi) is 4.87. The van der Waals surface area contributed by atoms with Crippen molar-refractivity contribution >= 4 is 5.91 Å². The molecule has 3 fully saturated rings. The Morgan fingerprint density at radius 3 is 2.80 bits per heavy atom. The first-order chi connectivity index (χ1) is 12.2. The summed E-state index contributed by atoms with van der Waals surface area (Å²) in [5.74, 6) is 1.88. The van der Waals surface area contributed by atoms with Crippen LogP contribution in [0, 0.1) is 18.8 Å². The number of carbonyl (C=O) groups excluding carboxylic acids is 1. The number of furan rings is 1. The molecule has 4 rings (SSSR count). The van der Waals surface area contributed by atoms with Crippen LogP contribution in [0.2, 0.25) is 0 Å². The smallest absolute Gasteiger partial charge is 0.289 e. The second-order valence-electron chi connectivity index (χ2n) is 7.93. The zero-order chi connectivity index (χ0) is 17.3. The number of piperidine rings is 1. The molecule has 25 heavy (non-hydrogen) atoms. The molecular formula is C20H29NO4. The van der Waals surface area contributed by atoms with Gasteiger partial charge in [0.1, 0.15) is 0 Å². The zero-order valence-electron chi connectivity index (χ0n) is 15.2. The lowest BCUT2D eigenvalue weighted by Crippen LogP contribution is -2.49. The quantitative estimate of drug-likeness (QED) is 0.740. The van der Waals surface area contributed by atoms with E-state index in [1.54, 1.807) is 6.26 Å². The van der Waals surface area contributed by atoms with E-state index in [1.165, 1.54) is 12.8 Å². The fraction of sp³-hybridized carbons (Fsp3) is 0.750. The summed E-state index contributed by atoms with van der Waals surface area (Å²) in [6, 6.07) is 1.84. The summed E-state index contributed by atoms with van der Waals surface area (Å²) in [6.45, 7) is 6.04. The van der Waals surface area contributed by atoms with E-state index >= 15 is 0 Å². The Morgan fingerprint density at radius 1 is 1.32 bits per heavy atom. The minimum atomic E-state index is -0.0437. The first-order valence-electron chi connectivity index (χ1n) is 9.73. The minimum absolute atomic E-state index is 0.0136. The molecule has 5 nitrogen and oxygen atoms in total. The average Bonchev–Trinajstić information content (AvgIpc) is 3.23. The van der Waals surface area contributed by atoms with Crippen molar-refractivity contribution in [3.05, 3.63) is 23.7 Å². The van der Waals surface area contributed by atoms with Crippen molar-refractivity contribution in [2.24, 2.45) is 11.8 Å². The Balaban J connectivity index is 1.29. The van der Waals surface area contributed by atoms with E-state index in [2.05, 4.69) is 0 Å². The molecule has 1 spiro atoms. The summed E-state index contributed by atoms with van der Waals surface area (Å²) in [4.78, 5) is 14.5. The van der Waals surface area contributed by atoms with Crippen LogP contribution in [0.4, 0.5) is 0 Å². The molecule has 1 aromatic heterocycles. The van der Waals surface area contributed by atoms with Gasteiger partial charge >= 0.3 is 0 Å². The maximum Gasteiger partial charge on any atom is 0.289 e. The molecule has 1 aliphatic carbocycles. The molecule has 1 amide bonds. The number of likely N-dealkylation sites (tertiary alicyclic amines) is 1. The predicted octanol–water partition coefficient (Wildman–Crippen LogP) is 3.42. The van der Waals surface area contributed by atoms with Gasteiger partial charge in [-0.15, -0.1) is 0 Å². The fourth-order valence-electron chi connectivity index (χ4n) is 4.33. The lowest BCUT2D eigenvalue weighted by Gasteiger charge is -2.42. The normalized spacial score (nSPS) is 25.6. The summed E-state index contributed by atoms with van der Waals surface area (Å²) in [7, 11) is 0. The van der Waals surface area contributed by atoms with E-state index in [9.17, 15) is 4.79 Å². The number of amides is 1. The highest BCUT2D eigenvalue weighted by Gasteiger charge is 2.46. The summed E-state index contributed by atoms with van der Waals surface area (Å²) in [5.41, 5.74) is 0.867. The lowest BCUT2D eigenvalue weighted by molar-refractivity contribution is -0.0675. The fourth-order valence-corrected chi connectivity index (χ4v) is 4.33. The molecule has 2 saturated heterocycles. The first kappa shape index (κ1) is 17.1. The van der Waals surface area contributed by atoms with Gasteiger partial charge in [0.2, 0.25) is 0 Å². The van der Waals surface area contributed by atoms with Crippen LogP contribution >= 0.6 is 0 Å². The highest BCUT2D eigenvalue weighted by molar-refractivity contribution is 5.92. The molecule has 0 radical (unpaired) electrons. The van der Waals surface area contributed by atoms with Gasteiger partial charge in [0, 0.05) is 38.5 Å². The standard InChI is InChI=1S/C20H29NO4/c1-15-4-12-24-18(15)19(22)21-9-7-20(8-10-21)17(6-13-25-20)5-11-23-14-16-2-3-16/h4,12,16-17H,2-3,5-11,13-14H2,1H3/t17-/m1/s1. The first-order valence-corrected chi connectivity index (χ1v) is 9.73. The van der Waals surface area contributed by atoms with Crippen LogP contribution in [0.3, 0.4) is 0 Å². The van der Waals surface area contributed by atoms with Crippen molar-refractivity contribution < 1.29 is 18.7 Å². The summed E-state index contributed by atoms with van der Waals surface area (Å²) in [5, 5.41) is 0. The molecule has 3 aliphatic rings. The van der Waals surface area contributed by atoms with Gasteiger partial charge < -0.3 is 18.8 Å². The highest BCUT2D eigenvalue weighted by atomic mass is 16.5. The number of rotatable bonds is 6. The molecule has 3 heterocycles. The van der Waals surface area contributed by atoms with Crippen LogP contribution in [0.1, 0.15) is 54.6 Å². The number of hydrogen-bond donors (Lipinski definition) is 0. The number of aryl methyl sites for hydroxylation is 1. The molecule has 1 aromatic rings. The van der Waals surface area contributed by atoms with Gasteiger partial charge in [0.15, 0.2) is 5.76 Å². The Bertz CT molecular complexity index is 599. The number of nitrogens with zero attached hydrogens (tertiary/aromatic N) is 1. The molecular weight excluding hydrogens is 318 g/mol. The molecule has 2 aliphatic heterocycles.